The van der Waals surface area contributed by atoms with Crippen molar-refractivity contribution in [3.05, 3.63) is 46.5 Å². The Hall–Kier alpha value is -2.50. The quantitative estimate of drug-likeness (QED) is 0.420. The highest BCUT2D eigenvalue weighted by molar-refractivity contribution is 5.86. The maximum Gasteiger partial charge on any atom is 0.219 e. The minimum absolute atomic E-state index is 0.0389. The van der Waals surface area contributed by atoms with Gasteiger partial charge in [0.25, 0.3) is 0 Å². The Morgan fingerprint density at radius 3 is 2.28 bits per heavy atom. The smallest absolute Gasteiger partial charge is 0.219 e. The number of rotatable bonds is 7. The minimum atomic E-state index is -0.233. The topological polar surface area (TPSA) is 68.1 Å². The highest BCUT2D eigenvalue weighted by atomic mass is 16.2. The maximum absolute atomic E-state index is 13.8. The van der Waals surface area contributed by atoms with E-state index in [1.54, 1.807) is 6.92 Å². The van der Waals surface area contributed by atoms with Crippen LogP contribution in [0, 0.1) is 37.0 Å². The van der Waals surface area contributed by atoms with Crippen LogP contribution in [0.4, 0.5) is 0 Å². The normalized spacial score (nSPS) is 28.9. The molecule has 6 rings (SSSR count). The van der Waals surface area contributed by atoms with E-state index in [-0.39, 0.29) is 23.5 Å². The van der Waals surface area contributed by atoms with E-state index in [0.29, 0.717) is 36.9 Å². The van der Waals surface area contributed by atoms with Crippen LogP contribution in [-0.2, 0) is 16.0 Å². The number of likely N-dealkylation sites (tertiary alicyclic amines) is 1. The van der Waals surface area contributed by atoms with Gasteiger partial charge in [-0.3, -0.25) is 9.59 Å². The van der Waals surface area contributed by atoms with Gasteiger partial charge in [0.05, 0.1) is 0 Å². The van der Waals surface area contributed by atoms with E-state index in [1.165, 1.54) is 44.1 Å². The Labute approximate surface area is 233 Å². The molecule has 1 amide bonds. The number of hydrogen-bond acceptors (Lipinski definition) is 4. The van der Waals surface area contributed by atoms with Crippen molar-refractivity contribution >= 4 is 11.7 Å². The summed E-state index contributed by atoms with van der Waals surface area (Å²) in [6.45, 7) is 11.7. The third kappa shape index (κ3) is 5.32. The second kappa shape index (κ2) is 10.2. The molecule has 39 heavy (non-hydrogen) atoms. The monoisotopic (exact) mass is 530 g/mol. The second-order valence-electron chi connectivity index (χ2n) is 14.2. The average Bonchev–Trinajstić information content (AvgIpc) is 3.43. The Kier molecular flexibility index (Phi) is 6.96. The number of hydrogen-bond donors (Lipinski definition) is 0. The minimum Gasteiger partial charge on any atom is -0.341 e. The van der Waals surface area contributed by atoms with Gasteiger partial charge < -0.3 is 9.47 Å². The largest absolute Gasteiger partial charge is 0.341 e. The lowest BCUT2D eigenvalue weighted by molar-refractivity contribution is -0.128. The molecule has 4 fully saturated rings. The molecule has 1 aliphatic heterocycles. The first-order valence-corrected chi connectivity index (χ1v) is 15.4. The van der Waals surface area contributed by atoms with E-state index < -0.39 is 0 Å². The van der Waals surface area contributed by atoms with Gasteiger partial charge in [-0.2, -0.15) is 0 Å². The number of aryl methyl sites for hydroxylation is 2. The van der Waals surface area contributed by atoms with Crippen molar-refractivity contribution in [3.63, 3.8) is 0 Å². The van der Waals surface area contributed by atoms with Crippen molar-refractivity contribution in [2.75, 3.05) is 13.1 Å². The summed E-state index contributed by atoms with van der Waals surface area (Å²) < 4.78 is 2.43. The zero-order chi connectivity index (χ0) is 27.5. The first-order chi connectivity index (χ1) is 18.6. The van der Waals surface area contributed by atoms with Gasteiger partial charge in [-0.1, -0.05) is 37.6 Å². The summed E-state index contributed by atoms with van der Waals surface area (Å²) in [7, 11) is 0. The van der Waals surface area contributed by atoms with Gasteiger partial charge in [-0.05, 0) is 93.6 Å². The van der Waals surface area contributed by atoms with Gasteiger partial charge in [0, 0.05) is 50.2 Å². The van der Waals surface area contributed by atoms with Crippen LogP contribution in [0.1, 0.15) is 118 Å². The van der Waals surface area contributed by atoms with E-state index in [1.807, 2.05) is 4.90 Å². The fraction of sp³-hybridized carbons (Fsp3) is 0.697. The number of amides is 1. The third-order valence-corrected chi connectivity index (χ3v) is 10.6. The molecule has 0 radical (unpaired) electrons. The van der Waals surface area contributed by atoms with Crippen LogP contribution in [0.3, 0.4) is 0 Å². The van der Waals surface area contributed by atoms with Crippen LogP contribution in [-0.4, -0.2) is 44.4 Å². The van der Waals surface area contributed by atoms with Crippen molar-refractivity contribution in [1.82, 2.24) is 19.7 Å². The van der Waals surface area contributed by atoms with Crippen molar-refractivity contribution in [2.45, 2.75) is 110 Å². The molecule has 6 heteroatoms. The molecule has 1 saturated heterocycles. The van der Waals surface area contributed by atoms with Gasteiger partial charge in [-0.25, -0.2) is 0 Å². The van der Waals surface area contributed by atoms with Gasteiger partial charge in [0.15, 0.2) is 0 Å². The van der Waals surface area contributed by atoms with Crippen LogP contribution in [0.25, 0.3) is 0 Å². The number of carbonyl (C=O) groups excluding carboxylic acids is 2. The van der Waals surface area contributed by atoms with Gasteiger partial charge >= 0.3 is 0 Å². The molecule has 0 spiro atoms. The van der Waals surface area contributed by atoms with E-state index in [0.717, 1.165) is 47.5 Å². The lowest BCUT2D eigenvalue weighted by Crippen LogP contribution is -2.34. The van der Waals surface area contributed by atoms with Gasteiger partial charge in [-0.15, -0.1) is 10.2 Å². The van der Waals surface area contributed by atoms with Gasteiger partial charge in [0.1, 0.15) is 17.4 Å². The van der Waals surface area contributed by atoms with E-state index in [2.05, 4.69) is 50.5 Å². The predicted octanol–water partition coefficient (Wildman–Crippen LogP) is 6.31. The standard InChI is InChI=1S/C33H46N4O2/c1-20-6-7-24(21(2)14-20)17-30(39)28-18-36(22(3)38)19-29(28)32-35-34-31(37(32)27-8-9-27)26-15-25(16-26)23-10-12-33(4,5)13-11-23/h6-7,14,23,25-29H,8-13,15-19H2,1-5H3/t25?,26?,28-,29-/m0/s1. The number of benzene rings is 1. The van der Waals surface area contributed by atoms with Crippen LogP contribution < -0.4 is 0 Å². The maximum atomic E-state index is 13.8. The summed E-state index contributed by atoms with van der Waals surface area (Å²) in [6, 6.07) is 6.77. The predicted molar refractivity (Wildman–Crippen MR) is 153 cm³/mol. The number of ketones is 1. The molecule has 0 N–H and O–H groups in total. The number of Topliss-reactive ketones (excluding diaryl/α,β-unsaturated/α-hetero) is 1. The molecule has 3 saturated carbocycles. The first kappa shape index (κ1) is 26.7. The molecular formula is C33H46N4O2. The molecular weight excluding hydrogens is 484 g/mol. The average molecular weight is 531 g/mol. The Morgan fingerprint density at radius 2 is 1.64 bits per heavy atom. The number of carbonyl (C=O) groups is 2. The van der Waals surface area contributed by atoms with E-state index >= 15 is 0 Å². The summed E-state index contributed by atoms with van der Waals surface area (Å²) >= 11 is 0. The molecule has 210 valence electrons. The summed E-state index contributed by atoms with van der Waals surface area (Å²) in [4.78, 5) is 28.1. The molecule has 2 heterocycles. The molecule has 1 aromatic carbocycles. The zero-order valence-electron chi connectivity index (χ0n) is 24.6. The molecule has 2 atom stereocenters. The fourth-order valence-electron chi connectivity index (χ4n) is 7.72. The molecule has 0 unspecified atom stereocenters. The molecule has 4 aliphatic rings. The summed E-state index contributed by atoms with van der Waals surface area (Å²) in [6.07, 6.45) is 10.7. The highest BCUT2D eigenvalue weighted by Gasteiger charge is 2.46. The Bertz CT molecular complexity index is 1240. The SMILES string of the molecule is CC(=O)N1C[C@H](C(=O)Cc2ccc(C)cc2C)[C@@H](c2nnc(C3CC(C4CCC(C)(C)CC4)C3)n2C2CC2)C1. The highest BCUT2D eigenvalue weighted by Crippen LogP contribution is 2.53. The Balaban J connectivity index is 1.21. The van der Waals surface area contributed by atoms with Crippen LogP contribution in [0.2, 0.25) is 0 Å². The second-order valence-corrected chi connectivity index (χ2v) is 14.2. The molecule has 1 aromatic heterocycles. The van der Waals surface area contributed by atoms with E-state index in [4.69, 9.17) is 10.2 Å². The summed E-state index contributed by atoms with van der Waals surface area (Å²) in [5.41, 5.74) is 3.97. The first-order valence-electron chi connectivity index (χ1n) is 15.4. The lowest BCUT2D eigenvalue weighted by Gasteiger charge is -2.44. The lowest BCUT2D eigenvalue weighted by atomic mass is 9.61. The van der Waals surface area contributed by atoms with Gasteiger partial charge in [0.2, 0.25) is 5.91 Å². The molecule has 2 aromatic rings. The van der Waals surface area contributed by atoms with Crippen LogP contribution in [0.5, 0.6) is 0 Å². The van der Waals surface area contributed by atoms with Crippen LogP contribution >= 0.6 is 0 Å². The third-order valence-electron chi connectivity index (χ3n) is 10.6. The molecule has 3 aliphatic carbocycles. The van der Waals surface area contributed by atoms with Crippen LogP contribution in [0.15, 0.2) is 18.2 Å². The number of nitrogens with zero attached hydrogens (tertiary/aromatic N) is 4. The molecule has 0 bridgehead atoms. The summed E-state index contributed by atoms with van der Waals surface area (Å²) in [5, 5.41) is 9.62. The molecule has 6 nitrogen and oxygen atoms in total. The van der Waals surface area contributed by atoms with Crippen molar-refractivity contribution in [3.8, 4) is 0 Å². The zero-order valence-corrected chi connectivity index (χ0v) is 24.6. The van der Waals surface area contributed by atoms with Crippen molar-refractivity contribution in [2.24, 2.45) is 23.2 Å². The number of aromatic nitrogens is 3. The fourth-order valence-corrected chi connectivity index (χ4v) is 7.72. The van der Waals surface area contributed by atoms with Crippen molar-refractivity contribution in [1.29, 1.82) is 0 Å². The Morgan fingerprint density at radius 1 is 0.949 bits per heavy atom. The summed E-state index contributed by atoms with van der Waals surface area (Å²) in [5.74, 6) is 4.24. The van der Waals surface area contributed by atoms with Crippen molar-refractivity contribution < 1.29 is 9.59 Å². The van der Waals surface area contributed by atoms with E-state index in [9.17, 15) is 9.59 Å².